The molecule has 0 aliphatic heterocycles. The lowest BCUT2D eigenvalue weighted by Gasteiger charge is -2.20. The van der Waals surface area contributed by atoms with Gasteiger partial charge in [-0.15, -0.1) is 0 Å². The maximum Gasteiger partial charge on any atom is 0.224 e. The standard InChI is InChI=1S/C14H12BrClN6/c1-22(2)12-10(4-3-9-11(12)18-6-5-17-9)20-13-8(15)7-19-14(16)21-13/h3-7H,1-2H3,(H,19,20,21). The second kappa shape index (κ2) is 6.02. The molecule has 0 saturated carbocycles. The number of halogens is 2. The highest BCUT2D eigenvalue weighted by Gasteiger charge is 2.13. The molecule has 1 aromatic carbocycles. The Morgan fingerprint density at radius 2 is 1.91 bits per heavy atom. The van der Waals surface area contributed by atoms with Crippen molar-refractivity contribution in [3.05, 3.63) is 40.5 Å². The van der Waals surface area contributed by atoms with E-state index in [1.54, 1.807) is 18.6 Å². The molecule has 0 aliphatic carbocycles. The molecule has 0 atom stereocenters. The normalized spacial score (nSPS) is 10.7. The van der Waals surface area contributed by atoms with Gasteiger partial charge < -0.3 is 10.2 Å². The zero-order valence-corrected chi connectivity index (χ0v) is 14.2. The fourth-order valence-electron chi connectivity index (χ4n) is 2.14. The summed E-state index contributed by atoms with van der Waals surface area (Å²) in [5.74, 6) is 0.589. The summed E-state index contributed by atoms with van der Waals surface area (Å²) in [7, 11) is 3.91. The number of anilines is 3. The summed E-state index contributed by atoms with van der Waals surface area (Å²) in [5.41, 5.74) is 3.42. The predicted molar refractivity (Wildman–Crippen MR) is 91.9 cm³/mol. The van der Waals surface area contributed by atoms with Crippen molar-refractivity contribution < 1.29 is 0 Å². The van der Waals surface area contributed by atoms with Crippen molar-refractivity contribution in [1.82, 2.24) is 19.9 Å². The molecule has 0 amide bonds. The van der Waals surface area contributed by atoms with Crippen molar-refractivity contribution in [3.8, 4) is 0 Å². The van der Waals surface area contributed by atoms with Gasteiger partial charge in [0.2, 0.25) is 5.28 Å². The van der Waals surface area contributed by atoms with Crippen LogP contribution in [0.25, 0.3) is 11.0 Å². The number of benzene rings is 1. The monoisotopic (exact) mass is 378 g/mol. The van der Waals surface area contributed by atoms with E-state index in [1.165, 1.54) is 0 Å². The summed E-state index contributed by atoms with van der Waals surface area (Å²) in [6.45, 7) is 0. The van der Waals surface area contributed by atoms with Crippen LogP contribution in [0.5, 0.6) is 0 Å². The van der Waals surface area contributed by atoms with E-state index >= 15 is 0 Å². The Morgan fingerprint density at radius 3 is 2.68 bits per heavy atom. The Bertz CT molecular complexity index is 839. The molecule has 0 bridgehead atoms. The van der Waals surface area contributed by atoms with E-state index < -0.39 is 0 Å². The third-order valence-corrected chi connectivity index (χ3v) is 3.79. The average molecular weight is 380 g/mol. The lowest BCUT2D eigenvalue weighted by atomic mass is 10.2. The minimum atomic E-state index is 0.178. The average Bonchev–Trinajstić information content (AvgIpc) is 2.50. The lowest BCUT2D eigenvalue weighted by molar-refractivity contribution is 1.12. The Labute approximate surface area is 140 Å². The molecule has 112 valence electrons. The highest BCUT2D eigenvalue weighted by atomic mass is 79.9. The molecule has 0 spiro atoms. The minimum absolute atomic E-state index is 0.178. The zero-order chi connectivity index (χ0) is 15.7. The van der Waals surface area contributed by atoms with Crippen molar-refractivity contribution in [3.63, 3.8) is 0 Å². The maximum absolute atomic E-state index is 5.86. The van der Waals surface area contributed by atoms with Gasteiger partial charge in [0.1, 0.15) is 11.3 Å². The van der Waals surface area contributed by atoms with Crippen LogP contribution in [0, 0.1) is 0 Å². The van der Waals surface area contributed by atoms with E-state index in [1.807, 2.05) is 31.1 Å². The zero-order valence-electron chi connectivity index (χ0n) is 11.9. The van der Waals surface area contributed by atoms with Gasteiger partial charge in [-0.05, 0) is 39.7 Å². The largest absolute Gasteiger partial charge is 0.374 e. The highest BCUT2D eigenvalue weighted by Crippen LogP contribution is 2.34. The van der Waals surface area contributed by atoms with Crippen LogP contribution in [-0.4, -0.2) is 34.0 Å². The summed E-state index contributed by atoms with van der Waals surface area (Å²) in [4.78, 5) is 18.9. The van der Waals surface area contributed by atoms with E-state index in [4.69, 9.17) is 11.6 Å². The number of rotatable bonds is 3. The van der Waals surface area contributed by atoms with E-state index in [0.29, 0.717) is 5.82 Å². The molecular formula is C14H12BrClN6. The van der Waals surface area contributed by atoms with Crippen LogP contribution in [0.1, 0.15) is 0 Å². The number of hydrogen-bond acceptors (Lipinski definition) is 6. The van der Waals surface area contributed by atoms with Crippen molar-refractivity contribution in [2.75, 3.05) is 24.3 Å². The molecule has 0 aliphatic rings. The summed E-state index contributed by atoms with van der Waals surface area (Å²) in [6.07, 6.45) is 4.96. The van der Waals surface area contributed by atoms with Crippen LogP contribution in [-0.2, 0) is 0 Å². The van der Waals surface area contributed by atoms with Gasteiger partial charge in [-0.3, -0.25) is 9.97 Å². The predicted octanol–water partition coefficient (Wildman–Crippen LogP) is 3.65. The Morgan fingerprint density at radius 1 is 1.14 bits per heavy atom. The first-order chi connectivity index (χ1) is 10.6. The molecular weight excluding hydrogens is 368 g/mol. The van der Waals surface area contributed by atoms with Crippen LogP contribution in [0.2, 0.25) is 5.28 Å². The number of nitrogens with one attached hydrogen (secondary N) is 1. The van der Waals surface area contributed by atoms with Crippen LogP contribution in [0.3, 0.4) is 0 Å². The van der Waals surface area contributed by atoms with Crippen LogP contribution < -0.4 is 10.2 Å². The Kier molecular flexibility index (Phi) is 4.08. The van der Waals surface area contributed by atoms with Gasteiger partial charge in [0.25, 0.3) is 0 Å². The van der Waals surface area contributed by atoms with Crippen LogP contribution >= 0.6 is 27.5 Å². The lowest BCUT2D eigenvalue weighted by Crippen LogP contribution is -2.12. The van der Waals surface area contributed by atoms with Gasteiger partial charge in [-0.25, -0.2) is 4.98 Å². The quantitative estimate of drug-likeness (QED) is 0.701. The highest BCUT2D eigenvalue weighted by molar-refractivity contribution is 9.10. The second-order valence-electron chi connectivity index (χ2n) is 4.74. The van der Waals surface area contributed by atoms with E-state index in [9.17, 15) is 0 Å². The third-order valence-electron chi connectivity index (χ3n) is 3.03. The summed E-state index contributed by atoms with van der Waals surface area (Å²) >= 11 is 9.28. The fourth-order valence-corrected chi connectivity index (χ4v) is 2.56. The minimum Gasteiger partial charge on any atom is -0.374 e. The van der Waals surface area contributed by atoms with Gasteiger partial charge in [0.15, 0.2) is 0 Å². The molecule has 2 heterocycles. The second-order valence-corrected chi connectivity index (χ2v) is 5.93. The van der Waals surface area contributed by atoms with Crippen molar-refractivity contribution >= 4 is 55.8 Å². The summed E-state index contributed by atoms with van der Waals surface area (Å²) in [5, 5.41) is 3.44. The Hall–Kier alpha value is -1.99. The van der Waals surface area contributed by atoms with E-state index in [0.717, 1.165) is 26.9 Å². The molecule has 8 heteroatoms. The first-order valence-corrected chi connectivity index (χ1v) is 7.59. The van der Waals surface area contributed by atoms with E-state index in [2.05, 4.69) is 41.2 Å². The molecule has 3 aromatic rings. The summed E-state index contributed by atoms with van der Waals surface area (Å²) in [6, 6.07) is 3.85. The number of hydrogen-bond donors (Lipinski definition) is 1. The molecule has 0 fully saturated rings. The topological polar surface area (TPSA) is 66.8 Å². The number of nitrogens with zero attached hydrogens (tertiary/aromatic N) is 5. The molecule has 22 heavy (non-hydrogen) atoms. The van der Waals surface area contributed by atoms with Gasteiger partial charge in [-0.1, -0.05) is 0 Å². The Balaban J connectivity index is 2.14. The molecule has 0 radical (unpaired) electrons. The van der Waals surface area contributed by atoms with Gasteiger partial charge >= 0.3 is 0 Å². The number of aromatic nitrogens is 4. The summed E-state index contributed by atoms with van der Waals surface area (Å²) < 4.78 is 0.723. The van der Waals surface area contributed by atoms with Gasteiger partial charge in [0, 0.05) is 32.7 Å². The third kappa shape index (κ3) is 2.82. The smallest absolute Gasteiger partial charge is 0.224 e. The first kappa shape index (κ1) is 14.9. The first-order valence-electron chi connectivity index (χ1n) is 6.42. The van der Waals surface area contributed by atoms with Crippen LogP contribution in [0.15, 0.2) is 35.2 Å². The molecule has 3 rings (SSSR count). The maximum atomic E-state index is 5.86. The van der Waals surface area contributed by atoms with Crippen molar-refractivity contribution in [1.29, 1.82) is 0 Å². The number of fused-ring (bicyclic) bond motifs is 1. The molecule has 1 N–H and O–H groups in total. The molecule has 2 aromatic heterocycles. The van der Waals surface area contributed by atoms with Gasteiger partial charge in [0.05, 0.1) is 21.4 Å². The molecule has 0 saturated heterocycles. The molecule has 0 unspecified atom stereocenters. The van der Waals surface area contributed by atoms with Crippen molar-refractivity contribution in [2.24, 2.45) is 0 Å². The SMILES string of the molecule is CN(C)c1c(Nc2nc(Cl)ncc2Br)ccc2nccnc12. The van der Waals surface area contributed by atoms with Crippen LogP contribution in [0.4, 0.5) is 17.2 Å². The van der Waals surface area contributed by atoms with Crippen molar-refractivity contribution in [2.45, 2.75) is 0 Å². The van der Waals surface area contributed by atoms with E-state index in [-0.39, 0.29) is 5.28 Å². The molecule has 6 nitrogen and oxygen atoms in total. The fraction of sp³-hybridized carbons (Fsp3) is 0.143. The van der Waals surface area contributed by atoms with Gasteiger partial charge in [-0.2, -0.15) is 4.98 Å².